The molecule has 4 atom stereocenters. The molecule has 7 heteroatoms. The van der Waals surface area contributed by atoms with E-state index in [4.69, 9.17) is 17.0 Å². The predicted octanol–water partition coefficient (Wildman–Crippen LogP) is 3.96. The van der Waals surface area contributed by atoms with Crippen molar-refractivity contribution in [1.82, 2.24) is 20.1 Å². The first-order valence-electron chi connectivity index (χ1n) is 12.6. The summed E-state index contributed by atoms with van der Waals surface area (Å²) in [6.07, 6.45) is 1.53. The van der Waals surface area contributed by atoms with Gasteiger partial charge in [0.2, 0.25) is 0 Å². The Hall–Kier alpha value is -2.45. The molecule has 3 aromatic rings. The first kappa shape index (κ1) is 24.3. The fourth-order valence-corrected chi connectivity index (χ4v) is 6.27. The molecular weight excluding hydrogens is 456 g/mol. The standard InChI is InChI=1S/C28H36N4O2S/c1-18(33)23-17-32-14-12-22-21-11-7-10-20(19-8-5-4-6-9-19)26(21)30-27(22)25(32)16-24(23)31(2)28(35)29-13-15-34-3/h4-11,18,23-25,30,33H,12-17H2,1-3H3,(H,29,35)/t18-,23-,24-,25-/m0/s1. The van der Waals surface area contributed by atoms with Crippen molar-refractivity contribution in [3.05, 3.63) is 59.8 Å². The molecule has 0 aliphatic carbocycles. The Morgan fingerprint density at radius 2 is 2.06 bits per heavy atom. The molecule has 2 aliphatic rings. The second-order valence-electron chi connectivity index (χ2n) is 9.92. The van der Waals surface area contributed by atoms with E-state index in [1.807, 2.05) is 6.92 Å². The van der Waals surface area contributed by atoms with Crippen LogP contribution in [0.2, 0.25) is 0 Å². The van der Waals surface area contributed by atoms with Crippen molar-refractivity contribution in [2.75, 3.05) is 40.4 Å². The van der Waals surface area contributed by atoms with E-state index in [2.05, 4.69) is 75.7 Å². The number of aliphatic hydroxyl groups excluding tert-OH is 1. The normalized spacial score (nSPS) is 22.9. The first-order chi connectivity index (χ1) is 17.0. The summed E-state index contributed by atoms with van der Waals surface area (Å²) in [6, 6.07) is 17.7. The predicted molar refractivity (Wildman–Crippen MR) is 146 cm³/mol. The molecule has 1 fully saturated rings. The van der Waals surface area contributed by atoms with Crippen LogP contribution in [0.5, 0.6) is 0 Å². The Labute approximate surface area is 213 Å². The minimum absolute atomic E-state index is 0.129. The lowest BCUT2D eigenvalue weighted by Gasteiger charge is -2.50. The summed E-state index contributed by atoms with van der Waals surface area (Å²) in [7, 11) is 3.75. The van der Waals surface area contributed by atoms with E-state index in [-0.39, 0.29) is 18.0 Å². The van der Waals surface area contributed by atoms with E-state index in [0.29, 0.717) is 18.3 Å². The van der Waals surface area contributed by atoms with Gasteiger partial charge in [0, 0.05) is 62.4 Å². The Bertz CT molecular complexity index is 1180. The zero-order valence-electron chi connectivity index (χ0n) is 20.8. The van der Waals surface area contributed by atoms with Crippen LogP contribution in [-0.4, -0.2) is 77.5 Å². The number of H-pyrrole nitrogens is 1. The lowest BCUT2D eigenvalue weighted by Crippen LogP contribution is -2.58. The van der Waals surface area contributed by atoms with Gasteiger partial charge >= 0.3 is 0 Å². The summed E-state index contributed by atoms with van der Waals surface area (Å²) < 4.78 is 5.17. The molecule has 3 heterocycles. The van der Waals surface area contributed by atoms with Gasteiger partial charge in [-0.2, -0.15) is 0 Å². The van der Waals surface area contributed by atoms with Gasteiger partial charge in [-0.25, -0.2) is 0 Å². The maximum Gasteiger partial charge on any atom is 0.169 e. The van der Waals surface area contributed by atoms with Gasteiger partial charge in [-0.05, 0) is 43.1 Å². The maximum atomic E-state index is 10.7. The molecule has 0 radical (unpaired) electrons. The number of hydrogen-bond donors (Lipinski definition) is 3. The van der Waals surface area contributed by atoms with Crippen molar-refractivity contribution in [2.45, 2.75) is 38.0 Å². The summed E-state index contributed by atoms with van der Waals surface area (Å²) in [5, 5.41) is 16.1. The van der Waals surface area contributed by atoms with E-state index >= 15 is 0 Å². The number of hydrogen-bond acceptors (Lipinski definition) is 4. The van der Waals surface area contributed by atoms with Crippen LogP contribution < -0.4 is 5.32 Å². The fraction of sp³-hybridized carbons (Fsp3) is 0.464. The summed E-state index contributed by atoms with van der Waals surface area (Å²) in [6.45, 7) is 5.07. The highest BCUT2D eigenvalue weighted by Crippen LogP contribution is 2.44. The van der Waals surface area contributed by atoms with Crippen LogP contribution in [-0.2, 0) is 11.2 Å². The molecule has 0 spiro atoms. The van der Waals surface area contributed by atoms with Gasteiger partial charge in [0.15, 0.2) is 5.11 Å². The summed E-state index contributed by atoms with van der Waals surface area (Å²) in [5.41, 5.74) is 6.48. The van der Waals surface area contributed by atoms with Crippen LogP contribution in [0, 0.1) is 5.92 Å². The lowest BCUT2D eigenvalue weighted by atomic mass is 9.80. The van der Waals surface area contributed by atoms with Gasteiger partial charge in [-0.15, -0.1) is 0 Å². The molecule has 35 heavy (non-hydrogen) atoms. The summed E-state index contributed by atoms with van der Waals surface area (Å²) in [4.78, 5) is 8.59. The maximum absolute atomic E-state index is 10.7. The third kappa shape index (κ3) is 4.58. The van der Waals surface area contributed by atoms with E-state index in [1.165, 1.54) is 33.3 Å². The molecule has 6 nitrogen and oxygen atoms in total. The van der Waals surface area contributed by atoms with E-state index in [9.17, 15) is 5.11 Å². The quantitative estimate of drug-likeness (QED) is 0.358. The number of aliphatic hydroxyl groups is 1. The highest BCUT2D eigenvalue weighted by atomic mass is 32.1. The van der Waals surface area contributed by atoms with Crippen LogP contribution in [0.1, 0.15) is 30.6 Å². The Kier molecular flexibility index (Phi) is 7.12. The van der Waals surface area contributed by atoms with Crippen LogP contribution >= 0.6 is 12.2 Å². The van der Waals surface area contributed by atoms with E-state index in [1.54, 1.807) is 7.11 Å². The Morgan fingerprint density at radius 3 is 2.80 bits per heavy atom. The third-order valence-corrected chi connectivity index (χ3v) is 8.34. The largest absolute Gasteiger partial charge is 0.393 e. The third-order valence-electron chi connectivity index (χ3n) is 7.91. The zero-order valence-corrected chi connectivity index (χ0v) is 21.6. The molecule has 0 amide bonds. The number of fused-ring (bicyclic) bond motifs is 5. The molecule has 186 valence electrons. The number of aromatic nitrogens is 1. The van der Waals surface area contributed by atoms with E-state index < -0.39 is 6.10 Å². The van der Waals surface area contributed by atoms with Crippen molar-refractivity contribution < 1.29 is 9.84 Å². The lowest BCUT2D eigenvalue weighted by molar-refractivity contribution is -0.0138. The Morgan fingerprint density at radius 1 is 1.26 bits per heavy atom. The highest BCUT2D eigenvalue weighted by Gasteiger charge is 2.43. The topological polar surface area (TPSA) is 63.8 Å². The minimum atomic E-state index is -0.404. The van der Waals surface area contributed by atoms with Crippen molar-refractivity contribution in [2.24, 2.45) is 5.92 Å². The average molecular weight is 493 g/mol. The molecule has 1 aromatic heterocycles. The van der Waals surface area contributed by atoms with Gasteiger partial charge in [-0.1, -0.05) is 48.5 Å². The molecule has 5 rings (SSSR count). The van der Waals surface area contributed by atoms with Gasteiger partial charge in [-0.3, -0.25) is 4.90 Å². The molecule has 0 saturated carbocycles. The molecule has 3 N–H and O–H groups in total. The van der Waals surface area contributed by atoms with Crippen molar-refractivity contribution in [3.8, 4) is 11.1 Å². The average Bonchev–Trinajstić information content (AvgIpc) is 3.27. The zero-order chi connectivity index (χ0) is 24.5. The second-order valence-corrected chi connectivity index (χ2v) is 10.3. The number of nitrogens with one attached hydrogen (secondary N) is 2. The molecule has 0 unspecified atom stereocenters. The number of aromatic amines is 1. The van der Waals surface area contributed by atoms with Crippen LogP contribution in [0.3, 0.4) is 0 Å². The van der Waals surface area contributed by atoms with Gasteiger partial charge in [0.25, 0.3) is 0 Å². The molecular formula is C28H36N4O2S. The van der Waals surface area contributed by atoms with Crippen molar-refractivity contribution in [3.63, 3.8) is 0 Å². The van der Waals surface area contributed by atoms with Crippen LogP contribution in [0.4, 0.5) is 0 Å². The monoisotopic (exact) mass is 492 g/mol. The molecule has 2 aliphatic heterocycles. The number of benzene rings is 2. The van der Waals surface area contributed by atoms with E-state index in [0.717, 1.165) is 25.9 Å². The number of rotatable bonds is 6. The van der Waals surface area contributed by atoms with Crippen molar-refractivity contribution >= 4 is 28.2 Å². The van der Waals surface area contributed by atoms with Crippen molar-refractivity contribution in [1.29, 1.82) is 0 Å². The number of thiocarbonyl (C=S) groups is 1. The first-order valence-corrected chi connectivity index (χ1v) is 13.0. The van der Waals surface area contributed by atoms with Gasteiger partial charge in [0.05, 0.1) is 24.3 Å². The molecule has 2 aromatic carbocycles. The summed E-state index contributed by atoms with van der Waals surface area (Å²) in [5.74, 6) is 0.129. The minimum Gasteiger partial charge on any atom is -0.393 e. The number of para-hydroxylation sites is 1. The number of methoxy groups -OCH3 is 1. The van der Waals surface area contributed by atoms with Gasteiger partial charge < -0.3 is 25.0 Å². The second kappa shape index (κ2) is 10.3. The van der Waals surface area contributed by atoms with Crippen LogP contribution in [0.25, 0.3) is 22.0 Å². The smallest absolute Gasteiger partial charge is 0.169 e. The number of ether oxygens (including phenoxy) is 1. The summed E-state index contributed by atoms with van der Waals surface area (Å²) >= 11 is 5.71. The number of nitrogens with zero attached hydrogens (tertiary/aromatic N) is 2. The van der Waals surface area contributed by atoms with Crippen LogP contribution in [0.15, 0.2) is 48.5 Å². The molecule has 1 saturated heterocycles. The SMILES string of the molecule is COCCNC(=S)N(C)[C@H]1C[C@H]2c3[nH]c4c(-c5ccccc5)cccc4c3CCN2C[C@H]1[C@H](C)O. The highest BCUT2D eigenvalue weighted by molar-refractivity contribution is 7.80. The Balaban J connectivity index is 1.48. The fourth-order valence-electron chi connectivity index (χ4n) is 6.04. The molecule has 0 bridgehead atoms. The number of piperidine rings is 1. The van der Waals surface area contributed by atoms with Gasteiger partial charge in [0.1, 0.15) is 0 Å².